The highest BCUT2D eigenvalue weighted by atomic mass is 16.6. The molecule has 0 saturated heterocycles. The summed E-state index contributed by atoms with van der Waals surface area (Å²) in [6, 6.07) is 0. The summed E-state index contributed by atoms with van der Waals surface area (Å²) in [4.78, 5) is 38.4. The topological polar surface area (TPSA) is 78.9 Å². The molecule has 0 aliphatic carbocycles. The van der Waals surface area contributed by atoms with E-state index in [1.807, 2.05) is 0 Å². The highest BCUT2D eigenvalue weighted by Gasteiger charge is 2.19. The van der Waals surface area contributed by atoms with E-state index in [1.165, 1.54) is 199 Å². The average molecular weight is 1140 g/mol. The first-order chi connectivity index (χ1) is 40.5. The van der Waals surface area contributed by atoms with Gasteiger partial charge < -0.3 is 14.2 Å². The number of rotatable bonds is 64. The summed E-state index contributed by atoms with van der Waals surface area (Å²) in [5, 5.41) is 0. The zero-order valence-corrected chi connectivity index (χ0v) is 54.2. The first kappa shape index (κ1) is 78.3. The minimum Gasteiger partial charge on any atom is -0.462 e. The number of hydrogen-bond acceptors (Lipinski definition) is 6. The van der Waals surface area contributed by atoms with Crippen LogP contribution in [0, 0.1) is 0 Å². The molecule has 0 N–H and O–H groups in total. The van der Waals surface area contributed by atoms with Gasteiger partial charge in [0.1, 0.15) is 13.2 Å². The number of carbonyl (C=O) groups excluding carboxylic acids is 3. The SMILES string of the molecule is CC/C=C\C/C=C\C/C=C\C/C=C\C/C=C\C/C=C\CCCCCCCCCCC(=O)OCC(COC(=O)CCCCCCC/C=C\CCCCCCC)OC(=O)CCCCCCCCCCCCC/C=C\CCCCCCCCCC. The molecule has 1 unspecified atom stereocenters. The van der Waals surface area contributed by atoms with Crippen LogP contribution in [-0.2, 0) is 28.6 Å². The van der Waals surface area contributed by atoms with Crippen molar-refractivity contribution in [2.24, 2.45) is 0 Å². The molecule has 0 bridgehead atoms. The zero-order chi connectivity index (χ0) is 59.2. The molecule has 0 aromatic carbocycles. The predicted octanol–water partition coefficient (Wildman–Crippen LogP) is 24.4. The molecule has 6 heteroatoms. The first-order valence-corrected chi connectivity index (χ1v) is 35.2. The molecule has 0 saturated carbocycles. The van der Waals surface area contributed by atoms with Crippen LogP contribution in [-0.4, -0.2) is 37.2 Å². The van der Waals surface area contributed by atoms with Crippen LogP contribution >= 0.6 is 0 Å². The largest absolute Gasteiger partial charge is 0.462 e. The zero-order valence-electron chi connectivity index (χ0n) is 54.2. The van der Waals surface area contributed by atoms with E-state index in [2.05, 4.69) is 118 Å². The van der Waals surface area contributed by atoms with Gasteiger partial charge in [-0.3, -0.25) is 14.4 Å². The van der Waals surface area contributed by atoms with E-state index in [4.69, 9.17) is 14.2 Å². The van der Waals surface area contributed by atoms with Gasteiger partial charge in [0.05, 0.1) is 0 Å². The van der Waals surface area contributed by atoms with E-state index >= 15 is 0 Å². The van der Waals surface area contributed by atoms with Crippen molar-refractivity contribution < 1.29 is 28.6 Å². The summed E-state index contributed by atoms with van der Waals surface area (Å²) in [6.07, 6.45) is 94.3. The summed E-state index contributed by atoms with van der Waals surface area (Å²) >= 11 is 0. The molecule has 0 aliphatic heterocycles. The van der Waals surface area contributed by atoms with Gasteiger partial charge in [0.25, 0.3) is 0 Å². The van der Waals surface area contributed by atoms with Crippen molar-refractivity contribution in [1.29, 1.82) is 0 Å². The molecule has 0 amide bonds. The number of carbonyl (C=O) groups is 3. The molecular weight excluding hydrogens is 1010 g/mol. The quantitative estimate of drug-likeness (QED) is 0.0261. The Morgan fingerprint density at radius 3 is 0.756 bits per heavy atom. The third-order valence-electron chi connectivity index (χ3n) is 15.3. The normalized spacial score (nSPS) is 12.7. The summed E-state index contributed by atoms with van der Waals surface area (Å²) in [5.41, 5.74) is 0. The molecule has 6 nitrogen and oxygen atoms in total. The maximum absolute atomic E-state index is 13.0. The van der Waals surface area contributed by atoms with Crippen LogP contribution in [0.15, 0.2) is 97.2 Å². The van der Waals surface area contributed by atoms with Crippen molar-refractivity contribution in [3.63, 3.8) is 0 Å². The van der Waals surface area contributed by atoms with Crippen LogP contribution in [0.3, 0.4) is 0 Å². The molecule has 0 radical (unpaired) electrons. The van der Waals surface area contributed by atoms with Crippen molar-refractivity contribution in [3.05, 3.63) is 97.2 Å². The minimum absolute atomic E-state index is 0.0827. The van der Waals surface area contributed by atoms with Gasteiger partial charge >= 0.3 is 17.9 Å². The summed E-state index contributed by atoms with van der Waals surface area (Å²) in [7, 11) is 0. The van der Waals surface area contributed by atoms with Gasteiger partial charge in [-0.25, -0.2) is 0 Å². The monoisotopic (exact) mass is 1140 g/mol. The van der Waals surface area contributed by atoms with Crippen LogP contribution in [0.25, 0.3) is 0 Å². The Morgan fingerprint density at radius 1 is 0.256 bits per heavy atom. The maximum Gasteiger partial charge on any atom is 0.306 e. The van der Waals surface area contributed by atoms with Crippen molar-refractivity contribution in [2.75, 3.05) is 13.2 Å². The number of hydrogen-bond donors (Lipinski definition) is 0. The van der Waals surface area contributed by atoms with E-state index in [1.54, 1.807) is 0 Å². The second-order valence-electron chi connectivity index (χ2n) is 23.4. The highest BCUT2D eigenvalue weighted by molar-refractivity contribution is 5.71. The Bertz CT molecular complexity index is 1590. The molecular formula is C76H132O6. The molecule has 0 aromatic rings. The fraction of sp³-hybridized carbons (Fsp3) is 0.750. The molecule has 0 aliphatic rings. The van der Waals surface area contributed by atoms with Gasteiger partial charge in [0.2, 0.25) is 0 Å². The van der Waals surface area contributed by atoms with E-state index in [0.717, 1.165) is 109 Å². The van der Waals surface area contributed by atoms with E-state index in [-0.39, 0.29) is 31.1 Å². The molecule has 0 aromatic heterocycles. The fourth-order valence-corrected chi connectivity index (χ4v) is 10.0. The molecule has 0 fully saturated rings. The minimum atomic E-state index is -0.787. The summed E-state index contributed by atoms with van der Waals surface area (Å²) in [6.45, 7) is 6.54. The van der Waals surface area contributed by atoms with Gasteiger partial charge in [-0.2, -0.15) is 0 Å². The van der Waals surface area contributed by atoms with Crippen LogP contribution in [0.2, 0.25) is 0 Å². The highest BCUT2D eigenvalue weighted by Crippen LogP contribution is 2.17. The van der Waals surface area contributed by atoms with Gasteiger partial charge in [-0.05, 0) is 122 Å². The van der Waals surface area contributed by atoms with E-state index in [9.17, 15) is 14.4 Å². The second-order valence-corrected chi connectivity index (χ2v) is 23.4. The van der Waals surface area contributed by atoms with Crippen LogP contribution in [0.5, 0.6) is 0 Å². The Hall–Kier alpha value is -3.67. The second kappa shape index (κ2) is 69.8. The van der Waals surface area contributed by atoms with E-state index < -0.39 is 6.10 Å². The number of ether oxygens (including phenoxy) is 3. The lowest BCUT2D eigenvalue weighted by molar-refractivity contribution is -0.167. The average Bonchev–Trinajstić information content (AvgIpc) is 3.48. The first-order valence-electron chi connectivity index (χ1n) is 35.2. The van der Waals surface area contributed by atoms with Crippen molar-refractivity contribution in [1.82, 2.24) is 0 Å². The molecule has 0 rings (SSSR count). The lowest BCUT2D eigenvalue weighted by Gasteiger charge is -2.18. The molecule has 0 spiro atoms. The summed E-state index contributed by atoms with van der Waals surface area (Å²) < 4.78 is 17.0. The third kappa shape index (κ3) is 67.1. The summed E-state index contributed by atoms with van der Waals surface area (Å²) in [5.74, 6) is -0.884. The fourth-order valence-electron chi connectivity index (χ4n) is 10.0. The van der Waals surface area contributed by atoms with Crippen LogP contribution < -0.4 is 0 Å². The van der Waals surface area contributed by atoms with Gasteiger partial charge in [-0.15, -0.1) is 0 Å². The number of allylic oxidation sites excluding steroid dienone is 16. The van der Waals surface area contributed by atoms with Crippen molar-refractivity contribution in [2.45, 2.75) is 354 Å². The molecule has 82 heavy (non-hydrogen) atoms. The Labute approximate surface area is 508 Å². The van der Waals surface area contributed by atoms with Crippen LogP contribution in [0.4, 0.5) is 0 Å². The molecule has 0 heterocycles. The van der Waals surface area contributed by atoms with Crippen LogP contribution in [0.1, 0.15) is 348 Å². The Kier molecular flexibility index (Phi) is 66.7. The number of esters is 3. The van der Waals surface area contributed by atoms with Gasteiger partial charge in [0.15, 0.2) is 6.10 Å². The molecule has 1 atom stereocenters. The Balaban J connectivity index is 4.33. The standard InChI is InChI=1S/C76H132O6/c1-4-7-10-13-16-19-22-25-28-30-32-34-36-37-38-39-41-42-44-46-48-51-54-57-60-63-66-69-75(78)81-72-73(71-80-74(77)68-65-62-59-56-53-50-27-24-21-18-15-12-9-6-3)82-76(79)70-67-64-61-58-55-52-49-47-45-43-40-35-33-31-29-26-23-20-17-14-11-8-5-2/h7,10,16,19,24-25,27-28,31-34,37-38,41-42,73H,4-6,8-9,11-15,17-18,20-23,26,29-30,35-36,39-40,43-72H2,1-3H3/b10-7-,19-16-,27-24-,28-25-,33-31-,34-32-,38-37-,42-41-. The smallest absolute Gasteiger partial charge is 0.306 e. The lowest BCUT2D eigenvalue weighted by Crippen LogP contribution is -2.30. The number of unbranched alkanes of at least 4 members (excludes halogenated alkanes) is 37. The van der Waals surface area contributed by atoms with Crippen molar-refractivity contribution >= 4 is 17.9 Å². The lowest BCUT2D eigenvalue weighted by atomic mass is 10.0. The third-order valence-corrected chi connectivity index (χ3v) is 15.3. The Morgan fingerprint density at radius 2 is 0.476 bits per heavy atom. The van der Waals surface area contributed by atoms with Crippen molar-refractivity contribution in [3.8, 4) is 0 Å². The van der Waals surface area contributed by atoms with Gasteiger partial charge in [0, 0.05) is 19.3 Å². The molecule has 472 valence electrons. The van der Waals surface area contributed by atoms with Gasteiger partial charge in [-0.1, -0.05) is 304 Å². The van der Waals surface area contributed by atoms with E-state index in [0.29, 0.717) is 19.3 Å². The predicted molar refractivity (Wildman–Crippen MR) is 357 cm³/mol. The maximum atomic E-state index is 13.0.